The molecule has 2 heterocycles. The van der Waals surface area contributed by atoms with E-state index in [0.717, 1.165) is 5.56 Å². The standard InChI is InChI=1S/C21H20Cl2N4O3S2/c22-17-7-3-14(4-8-17)13-32(29,30)27-11-1-2-16(12-27)19(28)24-21-26-25-20(31-21)15-5-9-18(23)10-6-15/h3-10,16H,1-2,11-13H2,(H,24,26,28)/t16-/m0/s1. The van der Waals surface area contributed by atoms with Gasteiger partial charge >= 0.3 is 0 Å². The zero-order valence-electron chi connectivity index (χ0n) is 16.9. The molecule has 1 fully saturated rings. The van der Waals surface area contributed by atoms with Crippen LogP contribution in [0.5, 0.6) is 0 Å². The number of nitrogens with zero attached hydrogens (tertiary/aromatic N) is 3. The lowest BCUT2D eigenvalue weighted by atomic mass is 9.99. The van der Waals surface area contributed by atoms with E-state index in [1.165, 1.54) is 15.6 Å². The molecule has 1 N–H and O–H groups in total. The predicted molar refractivity (Wildman–Crippen MR) is 127 cm³/mol. The Morgan fingerprint density at radius 1 is 1.06 bits per heavy atom. The van der Waals surface area contributed by atoms with E-state index >= 15 is 0 Å². The molecule has 1 aliphatic rings. The summed E-state index contributed by atoms with van der Waals surface area (Å²) in [5.74, 6) is -0.832. The SMILES string of the molecule is O=C(Nc1nnc(-c2ccc(Cl)cc2)s1)[C@H]1CCCN(S(=O)(=O)Cc2ccc(Cl)cc2)C1. The Kier molecular flexibility index (Phi) is 7.11. The van der Waals surface area contributed by atoms with Gasteiger partial charge in [-0.2, -0.15) is 0 Å². The molecular weight excluding hydrogens is 491 g/mol. The third-order valence-corrected chi connectivity index (χ3v) is 8.37. The van der Waals surface area contributed by atoms with Crippen molar-refractivity contribution in [1.82, 2.24) is 14.5 Å². The molecule has 3 aromatic rings. The Bertz CT molecular complexity index is 1200. The van der Waals surface area contributed by atoms with Gasteiger partial charge in [-0.25, -0.2) is 12.7 Å². The summed E-state index contributed by atoms with van der Waals surface area (Å²) in [5.41, 5.74) is 1.51. The summed E-state index contributed by atoms with van der Waals surface area (Å²) in [4.78, 5) is 12.8. The van der Waals surface area contributed by atoms with Crippen LogP contribution in [0.15, 0.2) is 48.5 Å². The van der Waals surface area contributed by atoms with Gasteiger partial charge in [0.15, 0.2) is 0 Å². The second kappa shape index (κ2) is 9.84. The van der Waals surface area contributed by atoms with Gasteiger partial charge in [-0.05, 0) is 42.7 Å². The third kappa shape index (κ3) is 5.65. The first kappa shape index (κ1) is 23.1. The van der Waals surface area contributed by atoms with Crippen LogP contribution in [0, 0.1) is 5.92 Å². The van der Waals surface area contributed by atoms with Gasteiger partial charge < -0.3 is 5.32 Å². The molecule has 4 rings (SSSR count). The molecule has 0 radical (unpaired) electrons. The summed E-state index contributed by atoms with van der Waals surface area (Å²) in [7, 11) is -3.55. The number of nitrogens with one attached hydrogen (secondary N) is 1. The quantitative estimate of drug-likeness (QED) is 0.518. The maximum Gasteiger partial charge on any atom is 0.230 e. The van der Waals surface area contributed by atoms with Crippen molar-refractivity contribution in [1.29, 1.82) is 0 Å². The molecule has 32 heavy (non-hydrogen) atoms. The number of benzene rings is 2. The van der Waals surface area contributed by atoms with Gasteiger partial charge in [0, 0.05) is 28.7 Å². The number of amides is 1. The van der Waals surface area contributed by atoms with Gasteiger partial charge in [-0.3, -0.25) is 4.79 Å². The van der Waals surface area contributed by atoms with Crippen LogP contribution in [-0.2, 0) is 20.6 Å². The lowest BCUT2D eigenvalue weighted by molar-refractivity contribution is -0.120. The first-order valence-electron chi connectivity index (χ1n) is 9.93. The number of hydrogen-bond donors (Lipinski definition) is 1. The van der Waals surface area contributed by atoms with Crippen LogP contribution in [0.4, 0.5) is 5.13 Å². The van der Waals surface area contributed by atoms with E-state index in [-0.39, 0.29) is 18.2 Å². The minimum absolute atomic E-state index is 0.126. The fourth-order valence-corrected chi connectivity index (χ4v) is 6.10. The number of rotatable bonds is 6. The van der Waals surface area contributed by atoms with Crippen LogP contribution < -0.4 is 5.32 Å². The largest absolute Gasteiger partial charge is 0.300 e. The summed E-state index contributed by atoms with van der Waals surface area (Å²) < 4.78 is 27.2. The Morgan fingerprint density at radius 2 is 1.72 bits per heavy atom. The van der Waals surface area contributed by atoms with Gasteiger partial charge in [0.1, 0.15) is 5.01 Å². The van der Waals surface area contributed by atoms with Crippen molar-refractivity contribution in [2.75, 3.05) is 18.4 Å². The second-order valence-electron chi connectivity index (χ2n) is 7.49. The highest BCUT2D eigenvalue weighted by atomic mass is 35.5. The van der Waals surface area contributed by atoms with E-state index in [4.69, 9.17) is 23.2 Å². The van der Waals surface area contributed by atoms with Crippen molar-refractivity contribution in [2.24, 2.45) is 5.92 Å². The summed E-state index contributed by atoms with van der Waals surface area (Å²) >= 11 is 13.0. The van der Waals surface area contributed by atoms with Crippen molar-refractivity contribution in [3.63, 3.8) is 0 Å². The Hall–Kier alpha value is -2.04. The summed E-state index contributed by atoms with van der Waals surface area (Å²) in [6.07, 6.45) is 1.23. The van der Waals surface area contributed by atoms with Crippen LogP contribution in [0.2, 0.25) is 10.0 Å². The molecule has 1 aromatic heterocycles. The molecule has 11 heteroatoms. The molecule has 1 aliphatic heterocycles. The molecule has 0 unspecified atom stereocenters. The van der Waals surface area contributed by atoms with Crippen LogP contribution in [0.3, 0.4) is 0 Å². The van der Waals surface area contributed by atoms with Crippen LogP contribution in [0.25, 0.3) is 10.6 Å². The maximum atomic E-state index is 12.9. The van der Waals surface area contributed by atoms with Gasteiger partial charge in [-0.15, -0.1) is 10.2 Å². The molecule has 2 aromatic carbocycles. The molecule has 0 saturated carbocycles. The molecule has 7 nitrogen and oxygen atoms in total. The Morgan fingerprint density at radius 3 is 2.41 bits per heavy atom. The average Bonchev–Trinajstić information content (AvgIpc) is 3.24. The van der Waals surface area contributed by atoms with Crippen LogP contribution in [0.1, 0.15) is 18.4 Å². The predicted octanol–water partition coefficient (Wildman–Crippen LogP) is 4.69. The molecule has 0 aliphatic carbocycles. The number of hydrogen-bond acceptors (Lipinski definition) is 6. The van der Waals surface area contributed by atoms with Gasteiger partial charge in [-0.1, -0.05) is 58.8 Å². The van der Waals surface area contributed by atoms with E-state index in [0.29, 0.717) is 45.1 Å². The monoisotopic (exact) mass is 510 g/mol. The van der Waals surface area contributed by atoms with Crippen LogP contribution >= 0.6 is 34.5 Å². The highest BCUT2D eigenvalue weighted by Crippen LogP contribution is 2.29. The molecule has 1 atom stereocenters. The minimum atomic E-state index is -3.55. The minimum Gasteiger partial charge on any atom is -0.300 e. The highest BCUT2D eigenvalue weighted by Gasteiger charge is 2.32. The second-order valence-corrected chi connectivity index (χ2v) is 11.3. The number of carbonyl (C=O) groups is 1. The van der Waals surface area contributed by atoms with Crippen molar-refractivity contribution in [3.05, 3.63) is 64.1 Å². The number of sulfonamides is 1. The summed E-state index contributed by atoms with van der Waals surface area (Å²) in [6.45, 7) is 0.545. The van der Waals surface area contributed by atoms with E-state index < -0.39 is 15.9 Å². The molecular formula is C21H20Cl2N4O3S2. The van der Waals surface area contributed by atoms with E-state index in [9.17, 15) is 13.2 Å². The van der Waals surface area contributed by atoms with Crippen molar-refractivity contribution in [3.8, 4) is 10.6 Å². The molecule has 168 valence electrons. The third-order valence-electron chi connectivity index (χ3n) is 5.16. The van der Waals surface area contributed by atoms with Gasteiger partial charge in [0.2, 0.25) is 21.1 Å². The maximum absolute atomic E-state index is 12.9. The molecule has 1 saturated heterocycles. The smallest absolute Gasteiger partial charge is 0.230 e. The number of piperidine rings is 1. The topological polar surface area (TPSA) is 92.3 Å². The Labute approximate surface area is 200 Å². The van der Waals surface area contributed by atoms with Gasteiger partial charge in [0.25, 0.3) is 0 Å². The van der Waals surface area contributed by atoms with Crippen LogP contribution in [-0.4, -0.2) is 41.9 Å². The summed E-state index contributed by atoms with van der Waals surface area (Å²) in [6, 6.07) is 13.9. The normalized spacial score (nSPS) is 17.2. The van der Waals surface area contributed by atoms with E-state index in [1.54, 1.807) is 36.4 Å². The zero-order valence-corrected chi connectivity index (χ0v) is 20.0. The highest BCUT2D eigenvalue weighted by molar-refractivity contribution is 7.88. The fraction of sp³-hybridized carbons (Fsp3) is 0.286. The van der Waals surface area contributed by atoms with Gasteiger partial charge in [0.05, 0.1) is 11.7 Å². The number of carbonyl (C=O) groups excluding carboxylic acids is 1. The van der Waals surface area contributed by atoms with E-state index in [1.807, 2.05) is 12.1 Å². The Balaban J connectivity index is 1.39. The molecule has 0 bridgehead atoms. The number of halogens is 2. The first-order chi connectivity index (χ1) is 15.3. The number of anilines is 1. The first-order valence-corrected chi connectivity index (χ1v) is 13.1. The zero-order chi connectivity index (χ0) is 22.7. The van der Waals surface area contributed by atoms with Crippen molar-refractivity contribution < 1.29 is 13.2 Å². The molecule has 1 amide bonds. The average molecular weight is 511 g/mol. The molecule has 0 spiro atoms. The summed E-state index contributed by atoms with van der Waals surface area (Å²) in [5, 5.41) is 13.2. The van der Waals surface area contributed by atoms with E-state index in [2.05, 4.69) is 15.5 Å². The number of aromatic nitrogens is 2. The van der Waals surface area contributed by atoms with Crippen molar-refractivity contribution in [2.45, 2.75) is 18.6 Å². The lowest BCUT2D eigenvalue weighted by Crippen LogP contribution is -2.44. The fourth-order valence-electron chi connectivity index (χ4n) is 3.48. The van der Waals surface area contributed by atoms with Crippen molar-refractivity contribution >= 4 is 55.6 Å². The lowest BCUT2D eigenvalue weighted by Gasteiger charge is -2.31.